The molecule has 1 heterocycles. The monoisotopic (exact) mass is 261 g/mol. The fraction of sp³-hybridized carbons (Fsp3) is 0.900. The van der Waals surface area contributed by atoms with Crippen molar-refractivity contribution < 1.29 is 13.2 Å². The van der Waals surface area contributed by atoms with Gasteiger partial charge < -0.3 is 10.6 Å². The zero-order chi connectivity index (χ0) is 12.5. The zero-order valence-electron chi connectivity index (χ0n) is 9.98. The molecular formula is C10H19N3O3S. The van der Waals surface area contributed by atoms with Gasteiger partial charge in [-0.3, -0.25) is 4.79 Å². The van der Waals surface area contributed by atoms with Crippen LogP contribution in [0, 0.1) is 0 Å². The normalized spacial score (nSPS) is 26.8. The predicted octanol–water partition coefficient (Wildman–Crippen LogP) is -1.11. The molecule has 2 N–H and O–H groups in total. The zero-order valence-corrected chi connectivity index (χ0v) is 10.8. The van der Waals surface area contributed by atoms with Crippen LogP contribution < -0.4 is 10.6 Å². The van der Waals surface area contributed by atoms with Crippen molar-refractivity contribution in [2.24, 2.45) is 0 Å². The van der Waals surface area contributed by atoms with Crippen molar-refractivity contribution in [1.29, 1.82) is 0 Å². The number of amides is 1. The maximum atomic E-state index is 12.2. The molecule has 2 fully saturated rings. The molecule has 7 heteroatoms. The predicted molar refractivity (Wildman–Crippen MR) is 64.0 cm³/mol. The molecule has 6 nitrogen and oxygen atoms in total. The molecule has 0 aromatic rings. The van der Waals surface area contributed by atoms with Gasteiger partial charge in [0, 0.05) is 26.2 Å². The van der Waals surface area contributed by atoms with Gasteiger partial charge >= 0.3 is 0 Å². The van der Waals surface area contributed by atoms with E-state index in [9.17, 15) is 13.2 Å². The van der Waals surface area contributed by atoms with Crippen LogP contribution in [0.15, 0.2) is 0 Å². The molecular weight excluding hydrogens is 242 g/mol. The number of rotatable bonds is 4. The Morgan fingerprint density at radius 3 is 2.76 bits per heavy atom. The first-order chi connectivity index (χ1) is 8.07. The molecule has 1 saturated heterocycles. The maximum absolute atomic E-state index is 12.2. The van der Waals surface area contributed by atoms with Gasteiger partial charge in [-0.2, -0.15) is 4.31 Å². The van der Waals surface area contributed by atoms with Crippen molar-refractivity contribution in [3.8, 4) is 0 Å². The van der Waals surface area contributed by atoms with Gasteiger partial charge in [-0.25, -0.2) is 8.42 Å². The summed E-state index contributed by atoms with van der Waals surface area (Å²) in [6, 6.07) is -0.589. The lowest BCUT2D eigenvalue weighted by Crippen LogP contribution is -2.60. The average Bonchev–Trinajstić information content (AvgIpc) is 3.13. The van der Waals surface area contributed by atoms with Crippen LogP contribution in [0.1, 0.15) is 19.8 Å². The van der Waals surface area contributed by atoms with Gasteiger partial charge in [0.15, 0.2) is 0 Å². The second-order valence-corrected chi connectivity index (χ2v) is 6.64. The largest absolute Gasteiger partial charge is 0.355 e. The molecule has 0 aromatic heterocycles. The molecule has 1 aliphatic heterocycles. The van der Waals surface area contributed by atoms with Crippen molar-refractivity contribution in [1.82, 2.24) is 14.9 Å². The van der Waals surface area contributed by atoms with E-state index in [-0.39, 0.29) is 11.2 Å². The van der Waals surface area contributed by atoms with E-state index in [0.29, 0.717) is 26.2 Å². The van der Waals surface area contributed by atoms with Crippen LogP contribution in [0.4, 0.5) is 0 Å². The van der Waals surface area contributed by atoms with Gasteiger partial charge in [0.1, 0.15) is 6.04 Å². The van der Waals surface area contributed by atoms with Crippen molar-refractivity contribution in [3.05, 3.63) is 0 Å². The van der Waals surface area contributed by atoms with Crippen LogP contribution in [-0.4, -0.2) is 56.1 Å². The van der Waals surface area contributed by atoms with Gasteiger partial charge in [-0.05, 0) is 19.8 Å². The first kappa shape index (κ1) is 12.8. The van der Waals surface area contributed by atoms with E-state index in [1.807, 2.05) is 6.92 Å². The number of hydrogen-bond donors (Lipinski definition) is 2. The van der Waals surface area contributed by atoms with Crippen LogP contribution in [-0.2, 0) is 14.8 Å². The number of piperazine rings is 1. The maximum Gasteiger partial charge on any atom is 0.239 e. The third-order valence-electron chi connectivity index (χ3n) is 3.12. The number of sulfonamides is 1. The highest BCUT2D eigenvalue weighted by Gasteiger charge is 2.45. The molecule has 0 radical (unpaired) electrons. The number of nitrogens with one attached hydrogen (secondary N) is 2. The SMILES string of the molecule is CCNC(=O)C1CNCCN1S(=O)(=O)C1CC1. The van der Waals surface area contributed by atoms with Gasteiger partial charge in [0.25, 0.3) is 0 Å². The quantitative estimate of drug-likeness (QED) is 0.672. The Bertz CT molecular complexity index is 392. The molecule has 1 unspecified atom stereocenters. The molecule has 1 amide bonds. The first-order valence-electron chi connectivity index (χ1n) is 6.06. The molecule has 2 rings (SSSR count). The molecule has 1 atom stereocenters. The third-order valence-corrected chi connectivity index (χ3v) is 5.53. The molecule has 1 saturated carbocycles. The van der Waals surface area contributed by atoms with Crippen LogP contribution in [0.2, 0.25) is 0 Å². The molecule has 1 aliphatic carbocycles. The second-order valence-electron chi connectivity index (χ2n) is 4.47. The Labute approximate surface area is 102 Å². The lowest BCUT2D eigenvalue weighted by Gasteiger charge is -2.34. The summed E-state index contributed by atoms with van der Waals surface area (Å²) < 4.78 is 25.8. The summed E-state index contributed by atoms with van der Waals surface area (Å²) in [7, 11) is -3.27. The van der Waals surface area contributed by atoms with E-state index in [2.05, 4.69) is 10.6 Å². The fourth-order valence-corrected chi connectivity index (χ4v) is 4.05. The third kappa shape index (κ3) is 2.61. The Hall–Kier alpha value is -0.660. The minimum atomic E-state index is -3.27. The van der Waals surface area contributed by atoms with Gasteiger partial charge in [-0.1, -0.05) is 0 Å². The molecule has 0 spiro atoms. The van der Waals surface area contributed by atoms with E-state index in [1.54, 1.807) is 0 Å². The van der Waals surface area contributed by atoms with Gasteiger partial charge in [0.05, 0.1) is 5.25 Å². The minimum Gasteiger partial charge on any atom is -0.355 e. The van der Waals surface area contributed by atoms with Crippen molar-refractivity contribution in [3.63, 3.8) is 0 Å². The lowest BCUT2D eigenvalue weighted by molar-refractivity contribution is -0.125. The number of likely N-dealkylation sites (N-methyl/N-ethyl adjacent to an activating group) is 1. The van der Waals surface area contributed by atoms with E-state index in [4.69, 9.17) is 0 Å². The number of nitrogens with zero attached hydrogens (tertiary/aromatic N) is 1. The summed E-state index contributed by atoms with van der Waals surface area (Å²) in [6.07, 6.45) is 1.46. The summed E-state index contributed by atoms with van der Waals surface area (Å²) in [5.74, 6) is -0.205. The Morgan fingerprint density at radius 1 is 1.47 bits per heavy atom. The number of hydrogen-bond acceptors (Lipinski definition) is 4. The topological polar surface area (TPSA) is 78.5 Å². The smallest absolute Gasteiger partial charge is 0.239 e. The Kier molecular flexibility index (Phi) is 3.70. The highest BCUT2D eigenvalue weighted by atomic mass is 32.2. The van der Waals surface area contributed by atoms with E-state index in [1.165, 1.54) is 4.31 Å². The van der Waals surface area contributed by atoms with E-state index < -0.39 is 16.1 Å². The van der Waals surface area contributed by atoms with Gasteiger partial charge in [-0.15, -0.1) is 0 Å². The van der Waals surface area contributed by atoms with Gasteiger partial charge in [0.2, 0.25) is 15.9 Å². The number of carbonyl (C=O) groups excluding carboxylic acids is 1. The summed E-state index contributed by atoms with van der Waals surface area (Å²) >= 11 is 0. The summed E-state index contributed by atoms with van der Waals surface area (Å²) in [6.45, 7) is 3.75. The number of carbonyl (C=O) groups is 1. The Balaban J connectivity index is 2.14. The summed E-state index contributed by atoms with van der Waals surface area (Å²) in [5, 5.41) is 5.51. The Morgan fingerprint density at radius 2 is 2.18 bits per heavy atom. The van der Waals surface area contributed by atoms with Crippen LogP contribution in [0.3, 0.4) is 0 Å². The molecule has 0 bridgehead atoms. The van der Waals surface area contributed by atoms with Crippen LogP contribution >= 0.6 is 0 Å². The highest BCUT2D eigenvalue weighted by molar-refractivity contribution is 7.90. The molecule has 17 heavy (non-hydrogen) atoms. The second kappa shape index (κ2) is 4.91. The van der Waals surface area contributed by atoms with E-state index >= 15 is 0 Å². The molecule has 0 aromatic carbocycles. The van der Waals surface area contributed by atoms with E-state index in [0.717, 1.165) is 12.8 Å². The first-order valence-corrected chi connectivity index (χ1v) is 7.56. The highest BCUT2D eigenvalue weighted by Crippen LogP contribution is 2.32. The van der Waals surface area contributed by atoms with Crippen molar-refractivity contribution >= 4 is 15.9 Å². The van der Waals surface area contributed by atoms with Crippen LogP contribution in [0.25, 0.3) is 0 Å². The fourth-order valence-electron chi connectivity index (χ4n) is 2.06. The van der Waals surface area contributed by atoms with Crippen molar-refractivity contribution in [2.75, 3.05) is 26.2 Å². The average molecular weight is 261 g/mol. The summed E-state index contributed by atoms with van der Waals surface area (Å²) in [5.41, 5.74) is 0. The minimum absolute atomic E-state index is 0.205. The lowest BCUT2D eigenvalue weighted by atomic mass is 10.2. The molecule has 98 valence electrons. The van der Waals surface area contributed by atoms with Crippen LogP contribution in [0.5, 0.6) is 0 Å². The summed E-state index contributed by atoms with van der Waals surface area (Å²) in [4.78, 5) is 11.8. The molecule has 2 aliphatic rings. The van der Waals surface area contributed by atoms with Crippen molar-refractivity contribution in [2.45, 2.75) is 31.1 Å². The standard InChI is InChI=1S/C10H19N3O3S/c1-2-12-10(14)9-7-11-5-6-13(9)17(15,16)8-3-4-8/h8-9,11H,2-7H2,1H3,(H,12,14).